The van der Waals surface area contributed by atoms with E-state index in [1.807, 2.05) is 0 Å². The van der Waals surface area contributed by atoms with Crippen molar-refractivity contribution in [3.63, 3.8) is 0 Å². The Morgan fingerprint density at radius 1 is 1.62 bits per heavy atom. The second-order valence-corrected chi connectivity index (χ2v) is 5.22. The Balaban J connectivity index is 3.95. The third-order valence-electron chi connectivity index (χ3n) is 1.03. The highest BCUT2D eigenvalue weighted by atomic mass is 35.5. The van der Waals surface area contributed by atoms with Crippen molar-refractivity contribution in [2.45, 2.75) is 16.1 Å². The van der Waals surface area contributed by atoms with Crippen molar-refractivity contribution < 1.29 is 18.7 Å². The molecule has 0 aromatic carbocycles. The van der Waals surface area contributed by atoms with E-state index in [4.69, 9.17) is 34.0 Å². The summed E-state index contributed by atoms with van der Waals surface area (Å²) in [6, 6.07) is -1.25. The molecule has 0 fully saturated rings. The van der Waals surface area contributed by atoms with Crippen molar-refractivity contribution >= 4 is 40.9 Å². The number of nitrogens with two attached hydrogens (primary N) is 1. The van der Waals surface area contributed by atoms with E-state index >= 15 is 0 Å². The van der Waals surface area contributed by atoms with Crippen LogP contribution in [0.5, 0.6) is 0 Å². The van der Waals surface area contributed by atoms with Gasteiger partial charge < -0.3 is 10.8 Å². The van der Waals surface area contributed by atoms with Crippen molar-refractivity contribution in [1.82, 2.24) is 0 Å². The Hall–Kier alpha value is 0.220. The first-order valence-corrected chi connectivity index (χ1v) is 4.80. The van der Waals surface area contributed by atoms with Crippen LogP contribution in [0.15, 0.2) is 0 Å². The van der Waals surface area contributed by atoms with E-state index in [2.05, 4.69) is 0 Å². The van der Waals surface area contributed by atoms with Crippen LogP contribution in [0, 0.1) is 0 Å². The highest BCUT2D eigenvalue weighted by Gasteiger charge is 2.37. The lowest BCUT2D eigenvalue weighted by Gasteiger charge is -2.18. The first-order chi connectivity index (χ1) is 5.77. The highest BCUT2D eigenvalue weighted by Crippen LogP contribution is 2.40. The maximum absolute atomic E-state index is 12.0. The number of hydrogen-bond acceptors (Lipinski definition) is 3. The summed E-state index contributed by atoms with van der Waals surface area (Å²) < 4.78 is 21.7. The van der Waals surface area contributed by atoms with Gasteiger partial charge in [0.25, 0.3) is 6.43 Å². The fourth-order valence-corrected chi connectivity index (χ4v) is 1.38. The molecule has 0 saturated carbocycles. The summed E-state index contributed by atoms with van der Waals surface area (Å²) in [5, 5.41) is 8.31. The second-order valence-electron chi connectivity index (χ2n) is 2.12. The minimum atomic E-state index is -2.96. The standard InChI is InChI=1S/C5H7Cl2F2NO2S/c6-5(7,4(8)9)13-1-2(10)3(11)12/h2,4H,1,10H2,(H,11,12)/t2-/m0/s1. The highest BCUT2D eigenvalue weighted by molar-refractivity contribution is 8.03. The van der Waals surface area contributed by atoms with E-state index in [-0.39, 0.29) is 5.75 Å². The van der Waals surface area contributed by atoms with Crippen LogP contribution in [0.25, 0.3) is 0 Å². The van der Waals surface area contributed by atoms with Gasteiger partial charge in [0.1, 0.15) is 6.04 Å². The van der Waals surface area contributed by atoms with Gasteiger partial charge >= 0.3 is 5.97 Å². The predicted octanol–water partition coefficient (Wildman–Crippen LogP) is 1.53. The van der Waals surface area contributed by atoms with E-state index in [1.54, 1.807) is 0 Å². The first-order valence-electron chi connectivity index (χ1n) is 3.05. The van der Waals surface area contributed by atoms with Gasteiger partial charge in [-0.05, 0) is 0 Å². The Labute approximate surface area is 87.6 Å². The zero-order valence-electron chi connectivity index (χ0n) is 6.21. The molecule has 1 atom stereocenters. The van der Waals surface area contributed by atoms with Crippen LogP contribution in [-0.2, 0) is 4.79 Å². The zero-order valence-corrected chi connectivity index (χ0v) is 8.54. The summed E-state index contributed by atoms with van der Waals surface area (Å²) in [5.74, 6) is -1.56. The SMILES string of the molecule is N[C@@H](CSC(Cl)(Cl)C(F)F)C(=O)O. The van der Waals surface area contributed by atoms with E-state index in [9.17, 15) is 13.6 Å². The average Bonchev–Trinajstić information content (AvgIpc) is 1.99. The van der Waals surface area contributed by atoms with Crippen LogP contribution in [0.3, 0.4) is 0 Å². The number of aliphatic carboxylic acids is 1. The van der Waals surface area contributed by atoms with Gasteiger partial charge in [0.15, 0.2) is 0 Å². The normalized spacial score (nSPS) is 14.6. The van der Waals surface area contributed by atoms with E-state index < -0.39 is 22.1 Å². The van der Waals surface area contributed by atoms with Gasteiger partial charge in [-0.3, -0.25) is 4.79 Å². The van der Waals surface area contributed by atoms with Crippen LogP contribution >= 0.6 is 35.0 Å². The van der Waals surface area contributed by atoms with E-state index in [1.165, 1.54) is 0 Å². The fraction of sp³-hybridized carbons (Fsp3) is 0.800. The molecule has 0 saturated heterocycles. The molecule has 13 heavy (non-hydrogen) atoms. The maximum Gasteiger partial charge on any atom is 0.321 e. The molecule has 0 aliphatic rings. The molecule has 3 N–H and O–H groups in total. The lowest BCUT2D eigenvalue weighted by Crippen LogP contribution is -2.34. The lowest BCUT2D eigenvalue weighted by molar-refractivity contribution is -0.137. The van der Waals surface area contributed by atoms with Crippen molar-refractivity contribution in [2.24, 2.45) is 5.73 Å². The van der Waals surface area contributed by atoms with Crippen molar-refractivity contribution in [1.29, 1.82) is 0 Å². The summed E-state index contributed by atoms with van der Waals surface area (Å²) in [5.41, 5.74) is 5.04. The summed E-state index contributed by atoms with van der Waals surface area (Å²) in [7, 11) is 0. The minimum Gasteiger partial charge on any atom is -0.480 e. The molecule has 0 aromatic heterocycles. The number of carboxylic acid groups (broad SMARTS) is 1. The van der Waals surface area contributed by atoms with Crippen LogP contribution in [0.2, 0.25) is 0 Å². The molecule has 0 aromatic rings. The topological polar surface area (TPSA) is 63.3 Å². The monoisotopic (exact) mass is 253 g/mol. The molecule has 8 heteroatoms. The number of carbonyl (C=O) groups is 1. The Bertz CT molecular complexity index is 193. The molecule has 0 amide bonds. The Morgan fingerprint density at radius 3 is 2.38 bits per heavy atom. The molecule has 0 radical (unpaired) electrons. The predicted molar refractivity (Wildman–Crippen MR) is 48.5 cm³/mol. The molecule has 0 aliphatic heterocycles. The van der Waals surface area contributed by atoms with Crippen LogP contribution in [0.1, 0.15) is 0 Å². The Kier molecular flexibility index (Phi) is 5.28. The van der Waals surface area contributed by atoms with Crippen LogP contribution < -0.4 is 5.73 Å². The van der Waals surface area contributed by atoms with Crippen LogP contribution in [0.4, 0.5) is 8.78 Å². The van der Waals surface area contributed by atoms with Gasteiger partial charge in [0, 0.05) is 5.75 Å². The number of alkyl halides is 4. The first kappa shape index (κ1) is 13.2. The number of hydrogen-bond donors (Lipinski definition) is 2. The molecule has 3 nitrogen and oxygen atoms in total. The quantitative estimate of drug-likeness (QED) is 0.730. The van der Waals surface area contributed by atoms with Gasteiger partial charge in [-0.25, -0.2) is 8.78 Å². The van der Waals surface area contributed by atoms with Crippen molar-refractivity contribution in [3.8, 4) is 0 Å². The molecular weight excluding hydrogens is 247 g/mol. The lowest BCUT2D eigenvalue weighted by atomic mass is 10.4. The molecular formula is C5H7Cl2F2NO2S. The van der Waals surface area contributed by atoms with Crippen LogP contribution in [-0.4, -0.2) is 33.0 Å². The fourth-order valence-electron chi connectivity index (χ4n) is 0.335. The zero-order chi connectivity index (χ0) is 10.6. The van der Waals surface area contributed by atoms with Gasteiger partial charge in [-0.1, -0.05) is 23.2 Å². The third-order valence-corrected chi connectivity index (χ3v) is 3.10. The smallest absolute Gasteiger partial charge is 0.321 e. The number of halogens is 4. The van der Waals surface area contributed by atoms with Gasteiger partial charge in [0.2, 0.25) is 3.67 Å². The van der Waals surface area contributed by atoms with E-state index in [0.717, 1.165) is 0 Å². The molecule has 0 rings (SSSR count). The third kappa shape index (κ3) is 4.85. The minimum absolute atomic E-state index is 0.271. The molecule has 0 bridgehead atoms. The molecule has 0 spiro atoms. The Morgan fingerprint density at radius 2 is 2.08 bits per heavy atom. The summed E-state index contributed by atoms with van der Waals surface area (Å²) >= 11 is 10.7. The number of rotatable bonds is 5. The van der Waals surface area contributed by atoms with Gasteiger partial charge in [-0.2, -0.15) is 0 Å². The number of thioether (sulfide) groups is 1. The maximum atomic E-state index is 12.0. The molecule has 78 valence electrons. The summed E-state index contributed by atoms with van der Waals surface area (Å²) in [6.07, 6.45) is -2.96. The van der Waals surface area contributed by atoms with Crippen molar-refractivity contribution in [2.75, 3.05) is 5.75 Å². The van der Waals surface area contributed by atoms with E-state index in [0.29, 0.717) is 11.8 Å². The molecule has 0 aliphatic carbocycles. The average molecular weight is 254 g/mol. The van der Waals surface area contributed by atoms with Gasteiger partial charge in [0.05, 0.1) is 0 Å². The molecule has 0 heterocycles. The molecule has 0 unspecified atom stereocenters. The summed E-state index contributed by atoms with van der Waals surface area (Å²) in [6.45, 7) is 0. The second kappa shape index (κ2) is 5.19. The number of carboxylic acids is 1. The van der Waals surface area contributed by atoms with Crippen molar-refractivity contribution in [3.05, 3.63) is 0 Å². The van der Waals surface area contributed by atoms with Gasteiger partial charge in [-0.15, -0.1) is 11.8 Å². The largest absolute Gasteiger partial charge is 0.480 e. The summed E-state index contributed by atoms with van der Waals surface area (Å²) in [4.78, 5) is 10.2.